The van der Waals surface area contributed by atoms with Crippen molar-refractivity contribution < 1.29 is 0 Å². The Morgan fingerprint density at radius 2 is 2.12 bits per heavy atom. The topological polar surface area (TPSA) is 43.8 Å². The summed E-state index contributed by atoms with van der Waals surface area (Å²) in [5.41, 5.74) is 9.44. The molecule has 3 nitrogen and oxygen atoms in total. The molecule has 0 fully saturated rings. The van der Waals surface area contributed by atoms with Gasteiger partial charge in [0.2, 0.25) is 0 Å². The average Bonchev–Trinajstić information content (AvgIpc) is 2.76. The van der Waals surface area contributed by atoms with Gasteiger partial charge in [0.1, 0.15) is 0 Å². The van der Waals surface area contributed by atoms with Crippen LogP contribution in [0.3, 0.4) is 0 Å². The highest BCUT2D eigenvalue weighted by Crippen LogP contribution is 2.19. The van der Waals surface area contributed by atoms with Gasteiger partial charge in [0.05, 0.1) is 24.3 Å². The molecular formula is C14H17N3. The van der Waals surface area contributed by atoms with E-state index >= 15 is 0 Å². The lowest BCUT2D eigenvalue weighted by molar-refractivity contribution is 0.690. The molecular weight excluding hydrogens is 210 g/mol. The van der Waals surface area contributed by atoms with Crippen LogP contribution in [0.15, 0.2) is 55.0 Å². The normalized spacial score (nSPS) is 12.4. The molecule has 0 aliphatic rings. The van der Waals surface area contributed by atoms with Crippen molar-refractivity contribution in [3.8, 4) is 0 Å². The molecule has 2 aromatic rings. The first kappa shape index (κ1) is 11.6. The minimum atomic E-state index is -0.141. The smallest absolute Gasteiger partial charge is 0.0951 e. The first-order valence-electron chi connectivity index (χ1n) is 5.63. The maximum atomic E-state index is 6.25. The van der Waals surface area contributed by atoms with Crippen molar-refractivity contribution in [2.45, 2.75) is 19.5 Å². The zero-order valence-electron chi connectivity index (χ0n) is 10.0. The third-order valence-corrected chi connectivity index (χ3v) is 2.66. The van der Waals surface area contributed by atoms with Gasteiger partial charge in [-0.1, -0.05) is 42.5 Å². The van der Waals surface area contributed by atoms with E-state index in [2.05, 4.69) is 11.6 Å². The third kappa shape index (κ3) is 2.63. The molecule has 88 valence electrons. The lowest BCUT2D eigenvalue weighted by Crippen LogP contribution is -2.16. The van der Waals surface area contributed by atoms with Crippen molar-refractivity contribution in [1.29, 1.82) is 0 Å². The molecule has 0 amide bonds. The molecule has 0 bridgehead atoms. The van der Waals surface area contributed by atoms with Crippen molar-refractivity contribution in [2.75, 3.05) is 0 Å². The van der Waals surface area contributed by atoms with E-state index in [1.807, 2.05) is 48.0 Å². The van der Waals surface area contributed by atoms with Gasteiger partial charge in [0.25, 0.3) is 0 Å². The van der Waals surface area contributed by atoms with Gasteiger partial charge in [-0.25, -0.2) is 4.98 Å². The van der Waals surface area contributed by atoms with Crippen LogP contribution in [-0.4, -0.2) is 9.55 Å². The van der Waals surface area contributed by atoms with Crippen LogP contribution in [0.25, 0.3) is 0 Å². The molecule has 0 aliphatic heterocycles. The van der Waals surface area contributed by atoms with E-state index in [9.17, 15) is 0 Å². The number of nitrogens with two attached hydrogens (primary N) is 1. The van der Waals surface area contributed by atoms with E-state index in [0.29, 0.717) is 0 Å². The molecule has 1 atom stereocenters. The first-order valence-corrected chi connectivity index (χ1v) is 5.63. The summed E-state index contributed by atoms with van der Waals surface area (Å²) in [6.45, 7) is 6.67. The SMILES string of the molecule is C=C(C)Cn1cncc1C(N)c1ccccc1. The minimum Gasteiger partial charge on any atom is -0.329 e. The molecule has 0 aliphatic carbocycles. The second kappa shape index (κ2) is 4.97. The van der Waals surface area contributed by atoms with E-state index in [0.717, 1.165) is 23.4 Å². The number of nitrogens with zero attached hydrogens (tertiary/aromatic N) is 2. The van der Waals surface area contributed by atoms with Crippen LogP contribution in [0, 0.1) is 0 Å². The third-order valence-electron chi connectivity index (χ3n) is 2.66. The molecule has 1 aromatic carbocycles. The fraction of sp³-hybridized carbons (Fsp3) is 0.214. The van der Waals surface area contributed by atoms with Crippen molar-refractivity contribution in [3.63, 3.8) is 0 Å². The largest absolute Gasteiger partial charge is 0.329 e. The molecule has 1 unspecified atom stereocenters. The van der Waals surface area contributed by atoms with Crippen LogP contribution >= 0.6 is 0 Å². The van der Waals surface area contributed by atoms with Gasteiger partial charge in [-0.3, -0.25) is 0 Å². The standard InChI is InChI=1S/C14H17N3/c1-11(2)9-17-10-16-8-13(17)14(15)12-6-4-3-5-7-12/h3-8,10,14H,1,9,15H2,2H3. The van der Waals surface area contributed by atoms with Crippen molar-refractivity contribution in [1.82, 2.24) is 9.55 Å². The van der Waals surface area contributed by atoms with E-state index in [1.165, 1.54) is 0 Å². The molecule has 2 rings (SSSR count). The maximum absolute atomic E-state index is 6.25. The molecule has 0 saturated carbocycles. The predicted octanol–water partition coefficient (Wildman–Crippen LogP) is 2.51. The van der Waals surface area contributed by atoms with Crippen LogP contribution in [0.2, 0.25) is 0 Å². The van der Waals surface area contributed by atoms with Crippen LogP contribution in [-0.2, 0) is 6.54 Å². The van der Waals surface area contributed by atoms with Gasteiger partial charge in [-0.05, 0) is 12.5 Å². The van der Waals surface area contributed by atoms with Gasteiger partial charge in [0, 0.05) is 6.54 Å². The van der Waals surface area contributed by atoms with Gasteiger partial charge in [-0.15, -0.1) is 0 Å². The second-order valence-electron chi connectivity index (χ2n) is 4.29. The van der Waals surface area contributed by atoms with Crippen molar-refractivity contribution >= 4 is 0 Å². The van der Waals surface area contributed by atoms with Crippen molar-refractivity contribution in [2.24, 2.45) is 5.73 Å². The summed E-state index contributed by atoms with van der Waals surface area (Å²) in [6, 6.07) is 9.90. The summed E-state index contributed by atoms with van der Waals surface area (Å²) in [7, 11) is 0. The average molecular weight is 227 g/mol. The highest BCUT2D eigenvalue weighted by atomic mass is 15.1. The Morgan fingerprint density at radius 1 is 1.41 bits per heavy atom. The van der Waals surface area contributed by atoms with E-state index in [-0.39, 0.29) is 6.04 Å². The number of hydrogen-bond donors (Lipinski definition) is 1. The fourth-order valence-corrected chi connectivity index (χ4v) is 1.84. The maximum Gasteiger partial charge on any atom is 0.0951 e. The van der Waals surface area contributed by atoms with Gasteiger partial charge < -0.3 is 10.3 Å². The zero-order chi connectivity index (χ0) is 12.3. The zero-order valence-corrected chi connectivity index (χ0v) is 10.0. The molecule has 1 heterocycles. The van der Waals surface area contributed by atoms with Crippen LogP contribution in [0.4, 0.5) is 0 Å². The summed E-state index contributed by atoms with van der Waals surface area (Å²) < 4.78 is 2.04. The molecule has 0 saturated heterocycles. The summed E-state index contributed by atoms with van der Waals surface area (Å²) in [6.07, 6.45) is 3.62. The molecule has 2 N–H and O–H groups in total. The van der Waals surface area contributed by atoms with Gasteiger partial charge in [0.15, 0.2) is 0 Å². The van der Waals surface area contributed by atoms with Crippen LogP contribution in [0.1, 0.15) is 24.2 Å². The van der Waals surface area contributed by atoms with Gasteiger partial charge >= 0.3 is 0 Å². The number of hydrogen-bond acceptors (Lipinski definition) is 2. The summed E-state index contributed by atoms with van der Waals surface area (Å²) in [5, 5.41) is 0. The number of imidazole rings is 1. The monoisotopic (exact) mass is 227 g/mol. The Morgan fingerprint density at radius 3 is 2.76 bits per heavy atom. The molecule has 1 aromatic heterocycles. The number of rotatable bonds is 4. The summed E-state index contributed by atoms with van der Waals surface area (Å²) >= 11 is 0. The van der Waals surface area contributed by atoms with Crippen LogP contribution in [0.5, 0.6) is 0 Å². The van der Waals surface area contributed by atoms with Gasteiger partial charge in [-0.2, -0.15) is 0 Å². The highest BCUT2D eigenvalue weighted by Gasteiger charge is 2.13. The lowest BCUT2D eigenvalue weighted by atomic mass is 10.1. The Kier molecular flexibility index (Phi) is 3.40. The lowest BCUT2D eigenvalue weighted by Gasteiger charge is -2.15. The minimum absolute atomic E-state index is 0.141. The molecule has 0 radical (unpaired) electrons. The number of allylic oxidation sites excluding steroid dienone is 1. The van der Waals surface area contributed by atoms with Crippen LogP contribution < -0.4 is 5.73 Å². The quantitative estimate of drug-likeness (QED) is 0.816. The first-order chi connectivity index (χ1) is 8.18. The molecule has 3 heteroatoms. The van der Waals surface area contributed by atoms with E-state index < -0.39 is 0 Å². The molecule has 0 spiro atoms. The Labute approximate surface area is 102 Å². The van der Waals surface area contributed by atoms with E-state index in [4.69, 9.17) is 5.73 Å². The highest BCUT2D eigenvalue weighted by molar-refractivity contribution is 5.26. The second-order valence-corrected chi connectivity index (χ2v) is 4.29. The Bertz CT molecular complexity index is 499. The number of benzene rings is 1. The number of aromatic nitrogens is 2. The Balaban J connectivity index is 2.28. The van der Waals surface area contributed by atoms with Crippen molar-refractivity contribution in [3.05, 3.63) is 66.3 Å². The van der Waals surface area contributed by atoms with E-state index in [1.54, 1.807) is 6.33 Å². The summed E-state index contributed by atoms with van der Waals surface area (Å²) in [4.78, 5) is 4.16. The molecule has 17 heavy (non-hydrogen) atoms. The summed E-state index contributed by atoms with van der Waals surface area (Å²) in [5.74, 6) is 0. The Hall–Kier alpha value is -1.87. The predicted molar refractivity (Wildman–Crippen MR) is 69.5 cm³/mol. The fourth-order valence-electron chi connectivity index (χ4n) is 1.84.